The van der Waals surface area contributed by atoms with E-state index in [1.54, 1.807) is 18.7 Å². The van der Waals surface area contributed by atoms with Crippen molar-refractivity contribution in [1.29, 1.82) is 0 Å². The normalized spacial score (nSPS) is 19.2. The second kappa shape index (κ2) is 4.80. The van der Waals surface area contributed by atoms with Crippen LogP contribution in [0, 0.1) is 13.8 Å². The van der Waals surface area contributed by atoms with E-state index in [0.29, 0.717) is 23.6 Å². The maximum atomic E-state index is 12.4. The number of carboxylic acids is 1. The molecule has 98 valence electrons. The number of carbonyl (C=O) groups excluding carboxylic acids is 1. The Labute approximate surface area is 105 Å². The van der Waals surface area contributed by atoms with Crippen LogP contribution < -0.4 is 0 Å². The fourth-order valence-electron chi connectivity index (χ4n) is 2.45. The lowest BCUT2D eigenvalue weighted by Gasteiger charge is -2.23. The van der Waals surface area contributed by atoms with Gasteiger partial charge >= 0.3 is 5.97 Å². The van der Waals surface area contributed by atoms with E-state index in [1.807, 2.05) is 0 Å². The van der Waals surface area contributed by atoms with Crippen molar-refractivity contribution in [3.63, 3.8) is 0 Å². The molecule has 1 aromatic heterocycles. The quantitative estimate of drug-likeness (QED) is 0.878. The number of amides is 1. The first kappa shape index (κ1) is 12.6. The Kier molecular flexibility index (Phi) is 3.36. The maximum absolute atomic E-state index is 12.4. The van der Waals surface area contributed by atoms with Crippen LogP contribution in [0.3, 0.4) is 0 Å². The number of aliphatic carboxylic acids is 1. The number of carbonyl (C=O) groups is 2. The van der Waals surface area contributed by atoms with Gasteiger partial charge in [-0.2, -0.15) is 0 Å². The van der Waals surface area contributed by atoms with Crippen molar-refractivity contribution < 1.29 is 19.2 Å². The fourth-order valence-corrected chi connectivity index (χ4v) is 2.45. The van der Waals surface area contributed by atoms with Crippen molar-refractivity contribution in [1.82, 2.24) is 10.1 Å². The fraction of sp³-hybridized carbons (Fsp3) is 0.583. The summed E-state index contributed by atoms with van der Waals surface area (Å²) in [5.74, 6) is -0.563. The standard InChI is InChI=1S/C12H16N2O4/c1-7-11(8(2)18-13-7)12(17)14-5-3-4-9(14)6-10(15)16/h9H,3-6H2,1-2H3,(H,15,16). The lowest BCUT2D eigenvalue weighted by Crippen LogP contribution is -2.37. The van der Waals surface area contributed by atoms with Crippen LogP contribution in [0.25, 0.3) is 0 Å². The molecule has 1 N–H and O–H groups in total. The molecule has 1 fully saturated rings. The molecule has 0 spiro atoms. The Hall–Kier alpha value is -1.85. The van der Waals surface area contributed by atoms with Gasteiger partial charge in [0.15, 0.2) is 0 Å². The van der Waals surface area contributed by atoms with E-state index in [2.05, 4.69) is 5.16 Å². The Bertz CT molecular complexity index is 461. The first-order chi connectivity index (χ1) is 8.50. The molecule has 6 heteroatoms. The summed E-state index contributed by atoms with van der Waals surface area (Å²) in [5, 5.41) is 12.6. The summed E-state index contributed by atoms with van der Waals surface area (Å²) >= 11 is 0. The van der Waals surface area contributed by atoms with E-state index in [-0.39, 0.29) is 18.4 Å². The molecule has 6 nitrogen and oxygen atoms in total. The third-order valence-electron chi connectivity index (χ3n) is 3.30. The summed E-state index contributed by atoms with van der Waals surface area (Å²) in [6, 6.07) is -0.219. The molecule has 2 rings (SSSR count). The van der Waals surface area contributed by atoms with Crippen molar-refractivity contribution in [2.75, 3.05) is 6.54 Å². The molecule has 0 bridgehead atoms. The van der Waals surface area contributed by atoms with Crippen LogP contribution >= 0.6 is 0 Å². The highest BCUT2D eigenvalue weighted by molar-refractivity contribution is 5.96. The first-order valence-corrected chi connectivity index (χ1v) is 5.96. The second-order valence-electron chi connectivity index (χ2n) is 4.59. The lowest BCUT2D eigenvalue weighted by atomic mass is 10.1. The molecular weight excluding hydrogens is 236 g/mol. The first-order valence-electron chi connectivity index (χ1n) is 5.96. The number of hydrogen-bond acceptors (Lipinski definition) is 4. The predicted molar refractivity (Wildman–Crippen MR) is 62.3 cm³/mol. The van der Waals surface area contributed by atoms with Crippen LogP contribution in [0.15, 0.2) is 4.52 Å². The van der Waals surface area contributed by atoms with Gasteiger partial charge in [-0.25, -0.2) is 0 Å². The van der Waals surface area contributed by atoms with Gasteiger partial charge in [-0.15, -0.1) is 0 Å². The van der Waals surface area contributed by atoms with Crippen LogP contribution in [-0.2, 0) is 4.79 Å². The van der Waals surface area contributed by atoms with Crippen LogP contribution in [0.2, 0.25) is 0 Å². The Morgan fingerprint density at radius 3 is 2.78 bits per heavy atom. The highest BCUT2D eigenvalue weighted by Crippen LogP contribution is 2.24. The summed E-state index contributed by atoms with van der Waals surface area (Å²) in [7, 11) is 0. The van der Waals surface area contributed by atoms with Crippen LogP contribution in [0.4, 0.5) is 0 Å². The van der Waals surface area contributed by atoms with Crippen LogP contribution in [-0.4, -0.2) is 39.6 Å². The van der Waals surface area contributed by atoms with E-state index in [9.17, 15) is 9.59 Å². The van der Waals surface area contributed by atoms with Crippen molar-refractivity contribution in [2.24, 2.45) is 0 Å². The van der Waals surface area contributed by atoms with Gasteiger partial charge < -0.3 is 14.5 Å². The molecular formula is C12H16N2O4. The van der Waals surface area contributed by atoms with Gasteiger partial charge in [0.05, 0.1) is 12.1 Å². The average Bonchev–Trinajstić information content (AvgIpc) is 2.85. The molecule has 0 saturated carbocycles. The molecule has 1 amide bonds. The van der Waals surface area contributed by atoms with Gasteiger partial charge in [-0.1, -0.05) is 5.16 Å². The highest BCUT2D eigenvalue weighted by Gasteiger charge is 2.33. The predicted octanol–water partition coefficient (Wildman–Crippen LogP) is 1.37. The number of carboxylic acid groups (broad SMARTS) is 1. The van der Waals surface area contributed by atoms with Crippen molar-refractivity contribution in [2.45, 2.75) is 39.2 Å². The lowest BCUT2D eigenvalue weighted by molar-refractivity contribution is -0.137. The zero-order valence-electron chi connectivity index (χ0n) is 10.5. The zero-order valence-corrected chi connectivity index (χ0v) is 10.5. The van der Waals surface area contributed by atoms with E-state index in [0.717, 1.165) is 12.8 Å². The molecule has 2 heterocycles. The molecule has 18 heavy (non-hydrogen) atoms. The van der Waals surface area contributed by atoms with E-state index in [1.165, 1.54) is 0 Å². The molecule has 1 atom stereocenters. The smallest absolute Gasteiger partial charge is 0.305 e. The highest BCUT2D eigenvalue weighted by atomic mass is 16.5. The Balaban J connectivity index is 2.20. The summed E-state index contributed by atoms with van der Waals surface area (Å²) in [6.07, 6.45) is 1.57. The molecule has 1 unspecified atom stereocenters. The number of likely N-dealkylation sites (tertiary alicyclic amines) is 1. The van der Waals surface area contributed by atoms with Crippen LogP contribution in [0.1, 0.15) is 41.1 Å². The number of hydrogen-bond donors (Lipinski definition) is 1. The van der Waals surface area contributed by atoms with Gasteiger partial charge in [0.25, 0.3) is 5.91 Å². The average molecular weight is 252 g/mol. The van der Waals surface area contributed by atoms with Crippen LogP contribution in [0.5, 0.6) is 0 Å². The minimum absolute atomic E-state index is 0.00485. The monoisotopic (exact) mass is 252 g/mol. The molecule has 0 aromatic carbocycles. The molecule has 1 aliphatic heterocycles. The largest absolute Gasteiger partial charge is 0.481 e. The van der Waals surface area contributed by atoms with Gasteiger partial charge in [-0.3, -0.25) is 9.59 Å². The zero-order chi connectivity index (χ0) is 13.3. The van der Waals surface area contributed by atoms with E-state index >= 15 is 0 Å². The molecule has 0 aliphatic carbocycles. The SMILES string of the molecule is Cc1noc(C)c1C(=O)N1CCCC1CC(=O)O. The van der Waals surface area contributed by atoms with Gasteiger partial charge in [0, 0.05) is 12.6 Å². The molecule has 0 radical (unpaired) electrons. The molecule has 1 saturated heterocycles. The molecule has 1 aromatic rings. The number of nitrogens with zero attached hydrogens (tertiary/aromatic N) is 2. The topological polar surface area (TPSA) is 83.6 Å². The minimum atomic E-state index is -0.876. The van der Waals surface area contributed by atoms with Crippen molar-refractivity contribution in [3.05, 3.63) is 17.0 Å². The number of aryl methyl sites for hydroxylation is 2. The Morgan fingerprint density at radius 1 is 1.50 bits per heavy atom. The number of aromatic nitrogens is 1. The van der Waals surface area contributed by atoms with Gasteiger partial charge in [0.2, 0.25) is 0 Å². The third-order valence-corrected chi connectivity index (χ3v) is 3.30. The van der Waals surface area contributed by atoms with Crippen molar-refractivity contribution in [3.8, 4) is 0 Å². The second-order valence-corrected chi connectivity index (χ2v) is 4.59. The number of rotatable bonds is 3. The van der Waals surface area contributed by atoms with Gasteiger partial charge in [0.1, 0.15) is 11.3 Å². The summed E-state index contributed by atoms with van der Waals surface area (Å²) < 4.78 is 4.98. The minimum Gasteiger partial charge on any atom is -0.481 e. The Morgan fingerprint density at radius 2 is 2.22 bits per heavy atom. The van der Waals surface area contributed by atoms with E-state index in [4.69, 9.17) is 9.63 Å². The molecule has 1 aliphatic rings. The summed E-state index contributed by atoms with van der Waals surface area (Å²) in [4.78, 5) is 24.8. The van der Waals surface area contributed by atoms with Gasteiger partial charge in [-0.05, 0) is 26.7 Å². The maximum Gasteiger partial charge on any atom is 0.305 e. The summed E-state index contributed by atoms with van der Waals surface area (Å²) in [5.41, 5.74) is 1.02. The van der Waals surface area contributed by atoms with Crippen molar-refractivity contribution >= 4 is 11.9 Å². The summed E-state index contributed by atoms with van der Waals surface area (Å²) in [6.45, 7) is 4.00. The third kappa shape index (κ3) is 2.23. The van der Waals surface area contributed by atoms with E-state index < -0.39 is 5.97 Å².